The predicted octanol–water partition coefficient (Wildman–Crippen LogP) is 2.07. The third-order valence-corrected chi connectivity index (χ3v) is 4.97. The summed E-state index contributed by atoms with van der Waals surface area (Å²) in [6.07, 6.45) is 0. The number of aliphatic hydroxyl groups is 1. The molecule has 0 aliphatic heterocycles. The maximum absolute atomic E-state index is 12.8. The van der Waals surface area contributed by atoms with Gasteiger partial charge in [0.15, 0.2) is 0 Å². The number of thiophene rings is 1. The molecule has 0 aliphatic rings. The maximum Gasteiger partial charge on any atom is 0.240 e. The summed E-state index contributed by atoms with van der Waals surface area (Å²) in [5, 5.41) is 13.8. The van der Waals surface area contributed by atoms with Gasteiger partial charge in [-0.05, 0) is 53.6 Å². The topological polar surface area (TPSA) is 66.4 Å². The molecular formula is C13H14FNO3S2. The lowest BCUT2D eigenvalue weighted by Crippen LogP contribution is -2.38. The SMILES string of the molecule is CC(O)(CNS(=O)(=O)c1ccc(F)cc1)c1ccsc1. The molecule has 4 nitrogen and oxygen atoms in total. The van der Waals surface area contributed by atoms with Gasteiger partial charge in [-0.3, -0.25) is 0 Å². The van der Waals surface area contributed by atoms with Crippen LogP contribution in [0, 0.1) is 5.82 Å². The third-order valence-electron chi connectivity index (χ3n) is 2.87. The van der Waals surface area contributed by atoms with Gasteiger partial charge in [0.05, 0.1) is 4.90 Å². The first kappa shape index (κ1) is 15.1. The zero-order chi connectivity index (χ0) is 14.8. The van der Waals surface area contributed by atoms with Crippen molar-refractivity contribution in [3.8, 4) is 0 Å². The number of hydrogen-bond donors (Lipinski definition) is 2. The molecule has 0 saturated carbocycles. The average Bonchev–Trinajstić information content (AvgIpc) is 2.92. The Balaban J connectivity index is 2.12. The van der Waals surface area contributed by atoms with Crippen molar-refractivity contribution in [2.24, 2.45) is 0 Å². The lowest BCUT2D eigenvalue weighted by Gasteiger charge is -2.22. The van der Waals surface area contributed by atoms with Crippen LogP contribution >= 0.6 is 11.3 Å². The van der Waals surface area contributed by atoms with E-state index < -0.39 is 21.4 Å². The lowest BCUT2D eigenvalue weighted by molar-refractivity contribution is 0.0632. The highest BCUT2D eigenvalue weighted by Crippen LogP contribution is 2.22. The standard InChI is InChI=1S/C13H14FNO3S2/c1-13(16,10-6-7-19-8-10)9-15-20(17,18)12-4-2-11(14)3-5-12/h2-8,15-16H,9H2,1H3. The molecule has 1 aromatic carbocycles. The smallest absolute Gasteiger partial charge is 0.240 e. The molecule has 2 N–H and O–H groups in total. The van der Waals surface area contributed by atoms with Crippen LogP contribution in [0.5, 0.6) is 0 Å². The molecule has 2 rings (SSSR count). The first-order valence-corrected chi connectivity index (χ1v) is 8.24. The molecule has 0 bridgehead atoms. The minimum absolute atomic E-state index is 0.0416. The molecule has 0 amide bonds. The van der Waals surface area contributed by atoms with Crippen molar-refractivity contribution in [3.05, 3.63) is 52.5 Å². The van der Waals surface area contributed by atoms with Crippen LogP contribution < -0.4 is 4.72 Å². The highest BCUT2D eigenvalue weighted by atomic mass is 32.2. The number of halogens is 1. The minimum atomic E-state index is -3.77. The van der Waals surface area contributed by atoms with Crippen molar-refractivity contribution < 1.29 is 17.9 Å². The third kappa shape index (κ3) is 3.43. The summed E-state index contributed by atoms with van der Waals surface area (Å²) < 4.78 is 39.1. The van der Waals surface area contributed by atoms with Gasteiger partial charge in [-0.25, -0.2) is 17.5 Å². The van der Waals surface area contributed by atoms with Gasteiger partial charge in [-0.1, -0.05) is 0 Å². The van der Waals surface area contributed by atoms with Crippen LogP contribution in [0.2, 0.25) is 0 Å². The monoisotopic (exact) mass is 315 g/mol. The van der Waals surface area contributed by atoms with E-state index in [1.54, 1.807) is 16.8 Å². The molecule has 0 spiro atoms. The van der Waals surface area contributed by atoms with E-state index in [-0.39, 0.29) is 11.4 Å². The van der Waals surface area contributed by atoms with E-state index in [9.17, 15) is 17.9 Å². The van der Waals surface area contributed by atoms with Crippen molar-refractivity contribution in [1.82, 2.24) is 4.72 Å². The number of rotatable bonds is 5. The second-order valence-electron chi connectivity index (χ2n) is 4.56. The number of nitrogens with one attached hydrogen (secondary N) is 1. The Hall–Kier alpha value is -1.28. The first-order chi connectivity index (χ1) is 9.31. The van der Waals surface area contributed by atoms with E-state index in [4.69, 9.17) is 0 Å². The van der Waals surface area contributed by atoms with Crippen LogP contribution in [-0.4, -0.2) is 20.1 Å². The van der Waals surface area contributed by atoms with Crippen LogP contribution in [0.1, 0.15) is 12.5 Å². The van der Waals surface area contributed by atoms with Crippen molar-refractivity contribution >= 4 is 21.4 Å². The van der Waals surface area contributed by atoms with E-state index in [1.165, 1.54) is 30.4 Å². The van der Waals surface area contributed by atoms with Gasteiger partial charge < -0.3 is 5.11 Å². The Bertz CT molecular complexity index is 664. The molecule has 1 heterocycles. The van der Waals surface area contributed by atoms with Crippen molar-refractivity contribution in [1.29, 1.82) is 0 Å². The fourth-order valence-electron chi connectivity index (χ4n) is 1.61. The predicted molar refractivity (Wildman–Crippen MR) is 75.5 cm³/mol. The number of benzene rings is 1. The number of sulfonamides is 1. The van der Waals surface area contributed by atoms with Crippen LogP contribution in [0.25, 0.3) is 0 Å². The highest BCUT2D eigenvalue weighted by molar-refractivity contribution is 7.89. The molecular weight excluding hydrogens is 301 g/mol. The second-order valence-corrected chi connectivity index (χ2v) is 7.11. The van der Waals surface area contributed by atoms with Crippen LogP contribution in [-0.2, 0) is 15.6 Å². The van der Waals surface area contributed by atoms with Gasteiger partial charge in [0.25, 0.3) is 0 Å². The van der Waals surface area contributed by atoms with Crippen molar-refractivity contribution in [3.63, 3.8) is 0 Å². The summed E-state index contributed by atoms with van der Waals surface area (Å²) in [7, 11) is -3.77. The van der Waals surface area contributed by atoms with E-state index in [0.29, 0.717) is 5.56 Å². The molecule has 1 aromatic heterocycles. The van der Waals surface area contributed by atoms with Crippen LogP contribution in [0.15, 0.2) is 46.0 Å². The largest absolute Gasteiger partial charge is 0.384 e. The Kier molecular flexibility index (Phi) is 4.24. The Morgan fingerprint density at radius 3 is 2.50 bits per heavy atom. The highest BCUT2D eigenvalue weighted by Gasteiger charge is 2.26. The summed E-state index contributed by atoms with van der Waals surface area (Å²) in [4.78, 5) is -0.0416. The quantitative estimate of drug-likeness (QED) is 0.888. The molecule has 0 saturated heterocycles. The fraction of sp³-hybridized carbons (Fsp3) is 0.231. The zero-order valence-corrected chi connectivity index (χ0v) is 12.3. The summed E-state index contributed by atoms with van der Waals surface area (Å²) in [5.41, 5.74) is -0.656. The van der Waals surface area contributed by atoms with Crippen LogP contribution in [0.3, 0.4) is 0 Å². The van der Waals surface area contributed by atoms with E-state index >= 15 is 0 Å². The molecule has 1 atom stereocenters. The summed E-state index contributed by atoms with van der Waals surface area (Å²) in [6, 6.07) is 6.24. The Labute approximate surface area is 120 Å². The molecule has 0 radical (unpaired) electrons. The maximum atomic E-state index is 12.8. The Morgan fingerprint density at radius 2 is 1.95 bits per heavy atom. The Morgan fingerprint density at radius 1 is 1.30 bits per heavy atom. The first-order valence-electron chi connectivity index (χ1n) is 5.81. The van der Waals surface area contributed by atoms with Crippen molar-refractivity contribution in [2.45, 2.75) is 17.4 Å². The second kappa shape index (κ2) is 5.61. The van der Waals surface area contributed by atoms with E-state index in [1.807, 2.05) is 0 Å². The molecule has 108 valence electrons. The van der Waals surface area contributed by atoms with Crippen molar-refractivity contribution in [2.75, 3.05) is 6.54 Å². The van der Waals surface area contributed by atoms with Gasteiger partial charge in [-0.15, -0.1) is 0 Å². The molecule has 7 heteroatoms. The summed E-state index contributed by atoms with van der Waals surface area (Å²) in [6.45, 7) is 1.37. The van der Waals surface area contributed by atoms with Gasteiger partial charge in [-0.2, -0.15) is 11.3 Å². The summed E-state index contributed by atoms with van der Waals surface area (Å²) >= 11 is 1.42. The van der Waals surface area contributed by atoms with Gasteiger partial charge in [0, 0.05) is 6.54 Å². The average molecular weight is 315 g/mol. The molecule has 20 heavy (non-hydrogen) atoms. The van der Waals surface area contributed by atoms with Crippen LogP contribution in [0.4, 0.5) is 4.39 Å². The van der Waals surface area contributed by atoms with E-state index in [2.05, 4.69) is 4.72 Å². The normalized spacial score (nSPS) is 14.9. The zero-order valence-electron chi connectivity index (χ0n) is 10.7. The van der Waals surface area contributed by atoms with Gasteiger partial charge in [0.1, 0.15) is 11.4 Å². The molecule has 2 aromatic rings. The lowest BCUT2D eigenvalue weighted by atomic mass is 10.0. The molecule has 1 unspecified atom stereocenters. The molecule has 0 fully saturated rings. The van der Waals surface area contributed by atoms with Gasteiger partial charge >= 0.3 is 0 Å². The minimum Gasteiger partial charge on any atom is -0.384 e. The van der Waals surface area contributed by atoms with E-state index in [0.717, 1.165) is 12.1 Å². The fourth-order valence-corrected chi connectivity index (χ4v) is 3.52. The van der Waals surface area contributed by atoms with Gasteiger partial charge in [0.2, 0.25) is 10.0 Å². The summed E-state index contributed by atoms with van der Waals surface area (Å²) in [5.74, 6) is -0.505. The molecule has 0 aliphatic carbocycles. The number of hydrogen-bond acceptors (Lipinski definition) is 4.